The van der Waals surface area contributed by atoms with Gasteiger partial charge in [0.15, 0.2) is 12.2 Å². The summed E-state index contributed by atoms with van der Waals surface area (Å²) in [5.74, 6) is -2.92. The second-order valence-corrected chi connectivity index (χ2v) is 9.56. The molecule has 0 saturated carbocycles. The summed E-state index contributed by atoms with van der Waals surface area (Å²) in [6, 6.07) is 15.8. The van der Waals surface area contributed by atoms with Crippen molar-refractivity contribution >= 4 is 34.8 Å². The Hall–Kier alpha value is -4.91. The van der Waals surface area contributed by atoms with Gasteiger partial charge in [-0.3, -0.25) is 19.2 Å². The maximum atomic E-state index is 13.0. The Morgan fingerprint density at radius 3 is 2.07 bits per heavy atom. The zero-order valence-electron chi connectivity index (χ0n) is 23.8. The van der Waals surface area contributed by atoms with Gasteiger partial charge in [0.05, 0.1) is 0 Å². The molecule has 43 heavy (non-hydrogen) atoms. The zero-order chi connectivity index (χ0) is 31.1. The average Bonchev–Trinajstić information content (AvgIpc) is 2.94. The second kappa shape index (κ2) is 13.8. The first kappa shape index (κ1) is 31.0. The highest BCUT2D eigenvalue weighted by Crippen LogP contribution is 2.31. The lowest BCUT2D eigenvalue weighted by Crippen LogP contribution is -2.63. The predicted molar refractivity (Wildman–Crippen MR) is 146 cm³/mol. The van der Waals surface area contributed by atoms with Crippen molar-refractivity contribution in [2.24, 2.45) is 0 Å². The third-order valence-corrected chi connectivity index (χ3v) is 6.12. The minimum atomic E-state index is -1.59. The van der Waals surface area contributed by atoms with Gasteiger partial charge in [0.25, 0.3) is 0 Å². The molecule has 1 aromatic heterocycles. The summed E-state index contributed by atoms with van der Waals surface area (Å²) in [7, 11) is 0. The topological polar surface area (TPSA) is 163 Å². The molecular formula is C30H30O13. The van der Waals surface area contributed by atoms with Crippen LogP contribution < -0.4 is 15.1 Å². The predicted octanol–water partition coefficient (Wildman–Crippen LogP) is 2.83. The first-order chi connectivity index (χ1) is 20.5. The van der Waals surface area contributed by atoms with E-state index in [4.69, 9.17) is 37.6 Å². The summed E-state index contributed by atoms with van der Waals surface area (Å²) in [5, 5.41) is 0.465. The molecule has 5 atom stereocenters. The summed E-state index contributed by atoms with van der Waals surface area (Å²) in [5.41, 5.74) is 0.266. The molecule has 3 aromatic rings. The lowest BCUT2D eigenvalue weighted by molar-refractivity contribution is -0.288. The Bertz CT molecular complexity index is 1530. The van der Waals surface area contributed by atoms with Crippen LogP contribution in [-0.4, -0.2) is 61.2 Å². The molecule has 0 radical (unpaired) electrons. The minimum Gasteiger partial charge on any atom is -0.489 e. The van der Waals surface area contributed by atoms with Crippen molar-refractivity contribution in [1.82, 2.24) is 0 Å². The van der Waals surface area contributed by atoms with Crippen LogP contribution in [0.3, 0.4) is 0 Å². The fourth-order valence-electron chi connectivity index (χ4n) is 4.39. The van der Waals surface area contributed by atoms with E-state index < -0.39 is 66.8 Å². The fraction of sp³-hybridized carbons (Fsp3) is 0.367. The number of rotatable bonds is 10. The van der Waals surface area contributed by atoms with Crippen LogP contribution in [-0.2, 0) is 49.5 Å². The van der Waals surface area contributed by atoms with Crippen LogP contribution in [0.2, 0.25) is 0 Å². The highest BCUT2D eigenvalue weighted by molar-refractivity contribution is 5.79. The number of carbonyl (C=O) groups is 4. The molecule has 0 spiro atoms. The summed E-state index contributed by atoms with van der Waals surface area (Å²) in [4.78, 5) is 60.5. The Morgan fingerprint density at radius 2 is 1.42 bits per heavy atom. The molecule has 13 nitrogen and oxygen atoms in total. The van der Waals surface area contributed by atoms with Crippen LogP contribution in [0.15, 0.2) is 63.8 Å². The van der Waals surface area contributed by atoms with Crippen molar-refractivity contribution in [3.05, 3.63) is 70.6 Å². The standard InChI is InChI=1S/C30H30O13/c1-16(31)36-15-25-26(38-17(2)32)27(39-18(3)33)28(40-19(4)34)30(43-25)42-24-12-21-10-11-22(13-23(21)41-29(24)35)37-14-20-8-6-5-7-9-20/h5-13,25-28,30H,14-15H2,1-4H3/t25-,26+,27+,28-,30?/m1/s1. The average molecular weight is 599 g/mol. The van der Waals surface area contributed by atoms with E-state index in [2.05, 4.69) is 0 Å². The molecule has 2 heterocycles. The maximum absolute atomic E-state index is 13.0. The monoisotopic (exact) mass is 598 g/mol. The van der Waals surface area contributed by atoms with Crippen molar-refractivity contribution in [2.45, 2.75) is 65.0 Å². The quantitative estimate of drug-likeness (QED) is 0.190. The number of esters is 4. The highest BCUT2D eigenvalue weighted by Gasteiger charge is 2.53. The van der Waals surface area contributed by atoms with Gasteiger partial charge in [-0.05, 0) is 23.8 Å². The molecule has 4 rings (SSSR count). The fourth-order valence-corrected chi connectivity index (χ4v) is 4.39. The van der Waals surface area contributed by atoms with Crippen LogP contribution >= 0.6 is 0 Å². The van der Waals surface area contributed by atoms with Crippen LogP contribution in [0, 0.1) is 0 Å². The number of benzene rings is 2. The molecule has 1 aliphatic rings. The van der Waals surface area contributed by atoms with Crippen LogP contribution in [0.1, 0.15) is 33.3 Å². The summed E-state index contributed by atoms with van der Waals surface area (Å²) < 4.78 is 44.1. The molecule has 0 aliphatic carbocycles. The van der Waals surface area contributed by atoms with Gasteiger partial charge in [-0.2, -0.15) is 0 Å². The number of ether oxygens (including phenoxy) is 7. The van der Waals surface area contributed by atoms with Gasteiger partial charge in [-0.15, -0.1) is 0 Å². The van der Waals surface area contributed by atoms with E-state index in [0.29, 0.717) is 17.7 Å². The normalized spacial score (nSPS) is 21.3. The van der Waals surface area contributed by atoms with Crippen molar-refractivity contribution in [2.75, 3.05) is 6.61 Å². The maximum Gasteiger partial charge on any atom is 0.379 e. The van der Waals surface area contributed by atoms with E-state index in [1.54, 1.807) is 18.2 Å². The van der Waals surface area contributed by atoms with Crippen LogP contribution in [0.5, 0.6) is 11.5 Å². The van der Waals surface area contributed by atoms with Gasteiger partial charge >= 0.3 is 29.5 Å². The summed E-state index contributed by atoms with van der Waals surface area (Å²) in [6.45, 7) is 4.31. The van der Waals surface area contributed by atoms with Crippen molar-refractivity contribution in [3.8, 4) is 11.5 Å². The molecule has 1 unspecified atom stereocenters. The van der Waals surface area contributed by atoms with Crippen molar-refractivity contribution < 1.29 is 56.8 Å². The SMILES string of the molecule is CC(=O)OC[C@H]1OC(Oc2cc3ccc(OCc4ccccc4)cc3oc2=O)[C@H](OC(C)=O)[C@@H](OC(C)=O)[C@H]1OC(C)=O. The van der Waals surface area contributed by atoms with E-state index in [9.17, 15) is 24.0 Å². The smallest absolute Gasteiger partial charge is 0.379 e. The highest BCUT2D eigenvalue weighted by atomic mass is 16.7. The molecule has 13 heteroatoms. The molecule has 0 amide bonds. The van der Waals surface area contributed by atoms with Crippen LogP contribution in [0.4, 0.5) is 0 Å². The van der Waals surface area contributed by atoms with Gasteiger partial charge in [-0.25, -0.2) is 4.79 Å². The lowest BCUT2D eigenvalue weighted by atomic mass is 9.98. The molecule has 1 saturated heterocycles. The molecular weight excluding hydrogens is 568 g/mol. The molecule has 0 N–H and O–H groups in total. The molecule has 0 bridgehead atoms. The Morgan fingerprint density at radius 1 is 0.767 bits per heavy atom. The van der Waals surface area contributed by atoms with E-state index in [0.717, 1.165) is 33.3 Å². The number of hydrogen-bond donors (Lipinski definition) is 0. The van der Waals surface area contributed by atoms with Crippen molar-refractivity contribution in [1.29, 1.82) is 0 Å². The van der Waals surface area contributed by atoms with Gasteiger partial charge in [-0.1, -0.05) is 30.3 Å². The van der Waals surface area contributed by atoms with E-state index in [-0.39, 0.29) is 11.3 Å². The Kier molecular flexibility index (Phi) is 9.99. The number of carbonyl (C=O) groups excluding carboxylic acids is 4. The molecule has 2 aromatic carbocycles. The largest absolute Gasteiger partial charge is 0.489 e. The third-order valence-electron chi connectivity index (χ3n) is 6.12. The van der Waals surface area contributed by atoms with E-state index in [1.165, 1.54) is 6.07 Å². The lowest BCUT2D eigenvalue weighted by Gasteiger charge is -2.43. The van der Waals surface area contributed by atoms with Crippen molar-refractivity contribution in [3.63, 3.8) is 0 Å². The van der Waals surface area contributed by atoms with E-state index >= 15 is 0 Å². The summed E-state index contributed by atoms with van der Waals surface area (Å²) >= 11 is 0. The van der Waals surface area contributed by atoms with Gasteiger partial charge in [0, 0.05) is 39.1 Å². The van der Waals surface area contributed by atoms with Gasteiger partial charge in [0.1, 0.15) is 30.7 Å². The Labute approximate surface area is 245 Å². The first-order valence-corrected chi connectivity index (χ1v) is 13.2. The Balaban J connectivity index is 1.64. The van der Waals surface area contributed by atoms with Gasteiger partial charge < -0.3 is 37.6 Å². The minimum absolute atomic E-state index is 0.212. The second-order valence-electron chi connectivity index (χ2n) is 9.56. The first-order valence-electron chi connectivity index (χ1n) is 13.2. The number of fused-ring (bicyclic) bond motifs is 1. The third kappa shape index (κ3) is 8.32. The molecule has 1 aliphatic heterocycles. The number of hydrogen-bond acceptors (Lipinski definition) is 13. The molecule has 228 valence electrons. The summed E-state index contributed by atoms with van der Waals surface area (Å²) in [6.07, 6.45) is -7.17. The molecule has 1 fully saturated rings. The zero-order valence-corrected chi connectivity index (χ0v) is 23.8. The van der Waals surface area contributed by atoms with E-state index in [1.807, 2.05) is 30.3 Å². The van der Waals surface area contributed by atoms with Gasteiger partial charge in [0.2, 0.25) is 18.1 Å². The van der Waals surface area contributed by atoms with Crippen LogP contribution in [0.25, 0.3) is 11.0 Å².